The number of hydrogen-bond donors (Lipinski definition) is 0. The molecule has 0 fully saturated rings. The van der Waals surface area contributed by atoms with Crippen LogP contribution < -0.4 is 0 Å². The van der Waals surface area contributed by atoms with E-state index in [1.165, 1.54) is 27.0 Å². The topological polar surface area (TPSA) is 9.23 Å². The summed E-state index contributed by atoms with van der Waals surface area (Å²) in [7, 11) is 1.82. The highest BCUT2D eigenvalue weighted by Gasteiger charge is 2.23. The van der Waals surface area contributed by atoms with Gasteiger partial charge in [0, 0.05) is 16.7 Å². The molecule has 94 valence electrons. The first-order valence-electron chi connectivity index (χ1n) is 6.49. The number of allylic oxidation sites excluding steroid dienone is 1. The van der Waals surface area contributed by atoms with E-state index in [1.807, 2.05) is 18.4 Å². The summed E-state index contributed by atoms with van der Waals surface area (Å²) >= 11 is 1.88. The first-order valence-corrected chi connectivity index (χ1v) is 7.31. The van der Waals surface area contributed by atoms with Crippen molar-refractivity contribution >= 4 is 27.0 Å². The molecule has 2 aromatic rings. The molecule has 0 saturated heterocycles. The number of benzene rings is 1. The second-order valence-corrected chi connectivity index (χ2v) is 6.19. The van der Waals surface area contributed by atoms with Gasteiger partial charge in [0.2, 0.25) is 0 Å². The van der Waals surface area contributed by atoms with Crippen LogP contribution in [0.4, 0.5) is 0 Å². The molecular weight excluding hydrogens is 240 g/mol. The molecule has 2 atom stereocenters. The van der Waals surface area contributed by atoms with Crippen molar-refractivity contribution in [1.82, 2.24) is 0 Å². The molecule has 0 bridgehead atoms. The van der Waals surface area contributed by atoms with Crippen molar-refractivity contribution in [1.29, 1.82) is 0 Å². The third-order valence-corrected chi connectivity index (χ3v) is 4.86. The van der Waals surface area contributed by atoms with Crippen LogP contribution in [0.5, 0.6) is 0 Å². The van der Waals surface area contributed by atoms with E-state index < -0.39 is 0 Å². The van der Waals surface area contributed by atoms with Gasteiger partial charge in [0.1, 0.15) is 0 Å². The number of ether oxygens (including phenoxy) is 1. The molecule has 0 saturated carbocycles. The van der Waals surface area contributed by atoms with Gasteiger partial charge in [0.05, 0.1) is 6.10 Å². The van der Waals surface area contributed by atoms with Crippen LogP contribution in [-0.4, -0.2) is 13.2 Å². The van der Waals surface area contributed by atoms with Crippen molar-refractivity contribution in [3.05, 3.63) is 41.3 Å². The van der Waals surface area contributed by atoms with Crippen LogP contribution in [0.25, 0.3) is 15.7 Å². The molecule has 2 unspecified atom stereocenters. The number of methoxy groups -OCH3 is 1. The summed E-state index contributed by atoms with van der Waals surface area (Å²) in [4.78, 5) is 1.37. The zero-order valence-corrected chi connectivity index (χ0v) is 11.7. The third kappa shape index (κ3) is 2.11. The van der Waals surface area contributed by atoms with Gasteiger partial charge in [0.15, 0.2) is 0 Å². The molecule has 1 heterocycles. The van der Waals surface area contributed by atoms with E-state index in [0.29, 0.717) is 0 Å². The lowest BCUT2D eigenvalue weighted by Gasteiger charge is -2.26. The standard InChI is InChI=1S/C16H18OS/c1-11-7-8-13(14(9-11)17-2)16-10-12-5-3-4-6-15(12)18-16/h3-6,8,10-11,14H,7,9H2,1-2H3. The fourth-order valence-corrected chi connectivity index (χ4v) is 3.80. The van der Waals surface area contributed by atoms with E-state index in [4.69, 9.17) is 4.74 Å². The first-order chi connectivity index (χ1) is 8.78. The van der Waals surface area contributed by atoms with Crippen molar-refractivity contribution in [3.63, 3.8) is 0 Å². The molecule has 1 aromatic carbocycles. The zero-order chi connectivity index (χ0) is 12.5. The Morgan fingerprint density at radius 1 is 1.28 bits per heavy atom. The molecule has 0 radical (unpaired) electrons. The molecule has 1 aliphatic rings. The molecule has 1 aliphatic carbocycles. The predicted octanol–water partition coefficient (Wildman–Crippen LogP) is 4.73. The first kappa shape index (κ1) is 11.9. The largest absolute Gasteiger partial charge is 0.377 e. The number of hydrogen-bond acceptors (Lipinski definition) is 2. The van der Waals surface area contributed by atoms with Crippen LogP contribution in [0.15, 0.2) is 36.4 Å². The maximum atomic E-state index is 5.66. The van der Waals surface area contributed by atoms with Crippen molar-refractivity contribution in [2.45, 2.75) is 25.9 Å². The summed E-state index contributed by atoms with van der Waals surface area (Å²) < 4.78 is 7.03. The van der Waals surface area contributed by atoms with Gasteiger partial charge in [-0.1, -0.05) is 31.2 Å². The van der Waals surface area contributed by atoms with Crippen molar-refractivity contribution in [2.24, 2.45) is 5.92 Å². The number of thiophene rings is 1. The number of rotatable bonds is 2. The van der Waals surface area contributed by atoms with Gasteiger partial charge in [-0.15, -0.1) is 11.3 Å². The lowest BCUT2D eigenvalue weighted by atomic mass is 9.88. The predicted molar refractivity (Wildman–Crippen MR) is 79.0 cm³/mol. The average Bonchev–Trinajstić information content (AvgIpc) is 2.82. The van der Waals surface area contributed by atoms with Crippen molar-refractivity contribution in [3.8, 4) is 0 Å². The van der Waals surface area contributed by atoms with Gasteiger partial charge >= 0.3 is 0 Å². The molecule has 1 aromatic heterocycles. The minimum absolute atomic E-state index is 0.266. The lowest BCUT2D eigenvalue weighted by Crippen LogP contribution is -2.20. The lowest BCUT2D eigenvalue weighted by molar-refractivity contribution is 0.123. The molecule has 0 N–H and O–H groups in total. The van der Waals surface area contributed by atoms with Gasteiger partial charge in [0.25, 0.3) is 0 Å². The van der Waals surface area contributed by atoms with E-state index in [0.717, 1.165) is 12.3 Å². The van der Waals surface area contributed by atoms with Crippen LogP contribution in [0, 0.1) is 5.92 Å². The Hall–Kier alpha value is -1.12. The van der Waals surface area contributed by atoms with Crippen LogP contribution >= 0.6 is 11.3 Å². The molecule has 3 rings (SSSR count). The Morgan fingerprint density at radius 2 is 2.11 bits per heavy atom. The van der Waals surface area contributed by atoms with Crippen molar-refractivity contribution < 1.29 is 4.74 Å². The maximum Gasteiger partial charge on any atom is 0.0834 e. The third-order valence-electron chi connectivity index (χ3n) is 3.70. The Bertz CT molecular complexity index is 549. The summed E-state index contributed by atoms with van der Waals surface area (Å²) in [6, 6.07) is 10.9. The summed E-state index contributed by atoms with van der Waals surface area (Å²) in [5, 5.41) is 1.34. The van der Waals surface area contributed by atoms with Crippen LogP contribution in [0.3, 0.4) is 0 Å². The monoisotopic (exact) mass is 258 g/mol. The van der Waals surface area contributed by atoms with E-state index in [2.05, 4.69) is 43.3 Å². The maximum absolute atomic E-state index is 5.66. The highest BCUT2D eigenvalue weighted by molar-refractivity contribution is 7.20. The Labute approximate surface area is 112 Å². The second-order valence-electron chi connectivity index (χ2n) is 5.11. The van der Waals surface area contributed by atoms with Gasteiger partial charge in [-0.05, 0) is 41.9 Å². The Balaban J connectivity index is 2.02. The van der Waals surface area contributed by atoms with E-state index in [-0.39, 0.29) is 6.10 Å². The van der Waals surface area contributed by atoms with E-state index in [9.17, 15) is 0 Å². The molecule has 1 nitrogen and oxygen atoms in total. The average molecular weight is 258 g/mol. The fourth-order valence-electron chi connectivity index (χ4n) is 2.65. The Morgan fingerprint density at radius 3 is 2.89 bits per heavy atom. The summed E-state index contributed by atoms with van der Waals surface area (Å²) in [6.45, 7) is 2.30. The zero-order valence-electron chi connectivity index (χ0n) is 10.8. The van der Waals surface area contributed by atoms with Crippen molar-refractivity contribution in [2.75, 3.05) is 7.11 Å². The normalized spacial score (nSPS) is 24.2. The second kappa shape index (κ2) is 4.87. The highest BCUT2D eigenvalue weighted by atomic mass is 32.1. The smallest absolute Gasteiger partial charge is 0.0834 e. The quantitative estimate of drug-likeness (QED) is 0.756. The molecule has 0 spiro atoms. The summed E-state index contributed by atoms with van der Waals surface area (Å²) in [5.74, 6) is 0.730. The van der Waals surface area contributed by atoms with E-state index >= 15 is 0 Å². The fraction of sp³-hybridized carbons (Fsp3) is 0.375. The Kier molecular flexibility index (Phi) is 3.23. The van der Waals surface area contributed by atoms with Crippen LogP contribution in [0.2, 0.25) is 0 Å². The molecule has 18 heavy (non-hydrogen) atoms. The van der Waals surface area contributed by atoms with Crippen LogP contribution in [-0.2, 0) is 4.74 Å². The molecule has 2 heteroatoms. The number of fused-ring (bicyclic) bond motifs is 1. The highest BCUT2D eigenvalue weighted by Crippen LogP contribution is 2.37. The summed E-state index contributed by atoms with van der Waals surface area (Å²) in [5.41, 5.74) is 1.39. The molecule has 0 amide bonds. The van der Waals surface area contributed by atoms with Gasteiger partial charge in [-0.3, -0.25) is 0 Å². The van der Waals surface area contributed by atoms with E-state index in [1.54, 1.807) is 0 Å². The molecular formula is C16H18OS. The minimum Gasteiger partial charge on any atom is -0.377 e. The minimum atomic E-state index is 0.266. The van der Waals surface area contributed by atoms with Crippen LogP contribution in [0.1, 0.15) is 24.6 Å². The SMILES string of the molecule is COC1CC(C)CC=C1c1cc2ccccc2s1. The molecule has 0 aliphatic heterocycles. The van der Waals surface area contributed by atoms with Gasteiger partial charge in [-0.25, -0.2) is 0 Å². The summed E-state index contributed by atoms with van der Waals surface area (Å²) in [6.07, 6.45) is 4.94. The van der Waals surface area contributed by atoms with Gasteiger partial charge < -0.3 is 4.74 Å². The van der Waals surface area contributed by atoms with Gasteiger partial charge in [-0.2, -0.15) is 0 Å².